The molecule has 0 aliphatic rings. The second-order valence-corrected chi connectivity index (χ2v) is 6.30. The Hall–Kier alpha value is -1.59. The quantitative estimate of drug-likeness (QED) is 0.852. The van der Waals surface area contributed by atoms with E-state index >= 15 is 0 Å². The summed E-state index contributed by atoms with van der Waals surface area (Å²) >= 11 is 1.65. The predicted octanol–water partition coefficient (Wildman–Crippen LogP) is 3.32. The number of nitrogens with zero attached hydrogens (tertiary/aromatic N) is 1. The molecular formula is C16H22N2O2S. The van der Waals surface area contributed by atoms with Crippen LogP contribution in [0.3, 0.4) is 0 Å². The molecular weight excluding hydrogens is 284 g/mol. The van der Waals surface area contributed by atoms with E-state index in [1.54, 1.807) is 18.4 Å². The molecule has 0 aliphatic heterocycles. The Bertz CT molecular complexity index is 583. The van der Waals surface area contributed by atoms with Crippen LogP contribution in [0.15, 0.2) is 24.4 Å². The molecule has 114 valence electrons. The summed E-state index contributed by atoms with van der Waals surface area (Å²) in [6.07, 6.45) is 3.61. The van der Waals surface area contributed by atoms with Crippen LogP contribution in [0.1, 0.15) is 28.8 Å². The summed E-state index contributed by atoms with van der Waals surface area (Å²) in [6, 6.07) is 6.04. The van der Waals surface area contributed by atoms with Gasteiger partial charge in [0.2, 0.25) is 0 Å². The van der Waals surface area contributed by atoms with Gasteiger partial charge in [0, 0.05) is 18.3 Å². The number of aromatic nitrogens is 1. The van der Waals surface area contributed by atoms with Crippen molar-refractivity contribution in [3.05, 3.63) is 39.8 Å². The van der Waals surface area contributed by atoms with Gasteiger partial charge in [-0.1, -0.05) is 13.0 Å². The lowest BCUT2D eigenvalue weighted by molar-refractivity contribution is 0.302. The molecule has 0 fully saturated rings. The largest absolute Gasteiger partial charge is 0.497 e. The second kappa shape index (κ2) is 7.43. The minimum absolute atomic E-state index is 0.145. The Labute approximate surface area is 129 Å². The molecule has 0 amide bonds. The average Bonchev–Trinajstić information content (AvgIpc) is 2.91. The van der Waals surface area contributed by atoms with E-state index in [1.807, 2.05) is 31.3 Å². The van der Waals surface area contributed by atoms with Crippen LogP contribution in [-0.2, 0) is 13.0 Å². The highest BCUT2D eigenvalue weighted by Crippen LogP contribution is 2.27. The van der Waals surface area contributed by atoms with Crippen molar-refractivity contribution in [2.75, 3.05) is 7.11 Å². The maximum atomic E-state index is 6.06. The number of thiazole rings is 1. The van der Waals surface area contributed by atoms with Crippen LogP contribution in [0.25, 0.3) is 0 Å². The van der Waals surface area contributed by atoms with E-state index in [-0.39, 0.29) is 6.04 Å². The third-order valence-corrected chi connectivity index (χ3v) is 4.21. The highest BCUT2D eigenvalue weighted by atomic mass is 32.1. The second-order valence-electron chi connectivity index (χ2n) is 4.98. The number of hydrogen-bond acceptors (Lipinski definition) is 5. The fraction of sp³-hybridized carbons (Fsp3) is 0.438. The van der Waals surface area contributed by atoms with Gasteiger partial charge in [-0.3, -0.25) is 0 Å². The van der Waals surface area contributed by atoms with Crippen molar-refractivity contribution < 1.29 is 9.47 Å². The van der Waals surface area contributed by atoms with Crippen molar-refractivity contribution in [1.29, 1.82) is 0 Å². The van der Waals surface area contributed by atoms with Crippen LogP contribution in [0.4, 0.5) is 0 Å². The SMILES string of the molecule is CCC(N)Cc1ccc(OC)cc1OCc1cnc(C)s1. The molecule has 1 unspecified atom stereocenters. The normalized spacial score (nSPS) is 12.2. The van der Waals surface area contributed by atoms with E-state index in [0.717, 1.165) is 39.8 Å². The summed E-state index contributed by atoms with van der Waals surface area (Å²) in [7, 11) is 1.66. The Morgan fingerprint density at radius 2 is 2.19 bits per heavy atom. The molecule has 2 N–H and O–H groups in total. The van der Waals surface area contributed by atoms with Gasteiger partial charge in [-0.2, -0.15) is 0 Å². The zero-order valence-corrected chi connectivity index (χ0v) is 13.6. The monoisotopic (exact) mass is 306 g/mol. The van der Waals surface area contributed by atoms with Gasteiger partial charge in [0.25, 0.3) is 0 Å². The summed E-state index contributed by atoms with van der Waals surface area (Å²) in [6.45, 7) is 4.60. The first kappa shape index (κ1) is 15.8. The Balaban J connectivity index is 2.13. The fourth-order valence-corrected chi connectivity index (χ4v) is 2.72. The third kappa shape index (κ3) is 4.44. The van der Waals surface area contributed by atoms with Gasteiger partial charge < -0.3 is 15.2 Å². The summed E-state index contributed by atoms with van der Waals surface area (Å²) in [5.41, 5.74) is 7.18. The van der Waals surface area contributed by atoms with Gasteiger partial charge in [0.05, 0.1) is 17.0 Å². The lowest BCUT2D eigenvalue weighted by Gasteiger charge is -2.15. The molecule has 21 heavy (non-hydrogen) atoms. The van der Waals surface area contributed by atoms with Crippen molar-refractivity contribution >= 4 is 11.3 Å². The van der Waals surface area contributed by atoms with E-state index in [1.165, 1.54) is 0 Å². The molecule has 0 aliphatic carbocycles. The van der Waals surface area contributed by atoms with Crippen molar-refractivity contribution in [3.63, 3.8) is 0 Å². The number of hydrogen-bond donors (Lipinski definition) is 1. The van der Waals surface area contributed by atoms with E-state index in [0.29, 0.717) is 6.61 Å². The summed E-state index contributed by atoms with van der Waals surface area (Å²) in [4.78, 5) is 5.35. The highest BCUT2D eigenvalue weighted by molar-refractivity contribution is 7.11. The number of rotatable bonds is 7. The van der Waals surface area contributed by atoms with E-state index in [9.17, 15) is 0 Å². The topological polar surface area (TPSA) is 57.4 Å². The first-order valence-corrected chi connectivity index (χ1v) is 7.90. The van der Waals surface area contributed by atoms with Crippen LogP contribution in [0, 0.1) is 6.92 Å². The number of methoxy groups -OCH3 is 1. The summed E-state index contributed by atoms with van der Waals surface area (Å²) in [5.74, 6) is 1.63. The van der Waals surface area contributed by atoms with E-state index in [2.05, 4.69) is 11.9 Å². The fourth-order valence-electron chi connectivity index (χ4n) is 2.01. The lowest BCUT2D eigenvalue weighted by Crippen LogP contribution is -2.21. The van der Waals surface area contributed by atoms with Gasteiger partial charge in [-0.25, -0.2) is 4.98 Å². The molecule has 4 nitrogen and oxygen atoms in total. The van der Waals surface area contributed by atoms with E-state index in [4.69, 9.17) is 15.2 Å². The maximum Gasteiger partial charge on any atom is 0.126 e. The molecule has 1 aromatic heterocycles. The van der Waals surface area contributed by atoms with Crippen molar-refractivity contribution in [1.82, 2.24) is 4.98 Å². The molecule has 5 heteroatoms. The molecule has 2 rings (SSSR count). The molecule has 2 aromatic rings. The van der Waals surface area contributed by atoms with Gasteiger partial charge in [0.1, 0.15) is 18.1 Å². The smallest absolute Gasteiger partial charge is 0.126 e. The van der Waals surface area contributed by atoms with Crippen molar-refractivity contribution in [2.24, 2.45) is 5.73 Å². The van der Waals surface area contributed by atoms with Gasteiger partial charge in [-0.05, 0) is 31.4 Å². The summed E-state index contributed by atoms with van der Waals surface area (Å²) < 4.78 is 11.2. The lowest BCUT2D eigenvalue weighted by atomic mass is 10.0. The molecule has 1 aromatic carbocycles. The molecule has 0 spiro atoms. The predicted molar refractivity (Wildman–Crippen MR) is 86.1 cm³/mol. The number of ether oxygens (including phenoxy) is 2. The van der Waals surface area contributed by atoms with Crippen LogP contribution < -0.4 is 15.2 Å². The molecule has 0 saturated carbocycles. The van der Waals surface area contributed by atoms with E-state index < -0.39 is 0 Å². The molecule has 1 atom stereocenters. The van der Waals surface area contributed by atoms with Crippen molar-refractivity contribution in [3.8, 4) is 11.5 Å². The zero-order valence-electron chi connectivity index (χ0n) is 12.8. The van der Waals surface area contributed by atoms with Crippen LogP contribution >= 0.6 is 11.3 Å². The van der Waals surface area contributed by atoms with Crippen LogP contribution in [0.5, 0.6) is 11.5 Å². The Morgan fingerprint density at radius 3 is 2.81 bits per heavy atom. The number of nitrogens with two attached hydrogens (primary N) is 1. The third-order valence-electron chi connectivity index (χ3n) is 3.32. The molecule has 0 radical (unpaired) electrons. The minimum Gasteiger partial charge on any atom is -0.497 e. The van der Waals surface area contributed by atoms with Gasteiger partial charge in [-0.15, -0.1) is 11.3 Å². The first-order valence-electron chi connectivity index (χ1n) is 7.09. The van der Waals surface area contributed by atoms with Gasteiger partial charge >= 0.3 is 0 Å². The zero-order chi connectivity index (χ0) is 15.2. The molecule has 0 saturated heterocycles. The number of aryl methyl sites for hydroxylation is 1. The Kier molecular flexibility index (Phi) is 5.59. The summed E-state index contributed by atoms with van der Waals surface area (Å²) in [5, 5.41) is 1.05. The molecule has 1 heterocycles. The van der Waals surface area contributed by atoms with Crippen LogP contribution in [0.2, 0.25) is 0 Å². The minimum atomic E-state index is 0.145. The first-order chi connectivity index (χ1) is 10.1. The standard InChI is InChI=1S/C16H22N2O2S/c1-4-13(17)7-12-5-6-14(19-3)8-16(12)20-10-15-9-18-11(2)21-15/h5-6,8-9,13H,4,7,10,17H2,1-3H3. The average molecular weight is 306 g/mol. The van der Waals surface area contributed by atoms with Gasteiger partial charge in [0.15, 0.2) is 0 Å². The molecule has 0 bridgehead atoms. The Morgan fingerprint density at radius 1 is 1.38 bits per heavy atom. The van der Waals surface area contributed by atoms with Crippen molar-refractivity contribution in [2.45, 2.75) is 39.3 Å². The van der Waals surface area contributed by atoms with Crippen LogP contribution in [-0.4, -0.2) is 18.1 Å². The highest BCUT2D eigenvalue weighted by Gasteiger charge is 2.10. The maximum absolute atomic E-state index is 6.06. The number of benzene rings is 1.